The predicted octanol–water partition coefficient (Wildman–Crippen LogP) is 3.92. The van der Waals surface area contributed by atoms with Gasteiger partial charge in [0.1, 0.15) is 0 Å². The van der Waals surface area contributed by atoms with Crippen LogP contribution in [-0.2, 0) is 6.42 Å². The molecule has 1 aromatic carbocycles. The molecule has 0 fully saturated rings. The van der Waals surface area contributed by atoms with Gasteiger partial charge in [-0.1, -0.05) is 39.0 Å². The smallest absolute Gasteiger partial charge is 0.0708 e. The lowest BCUT2D eigenvalue weighted by molar-refractivity contribution is 0.868. The molecule has 1 heterocycles. The molecule has 1 nitrogen and oxygen atoms in total. The fourth-order valence-electron chi connectivity index (χ4n) is 1.73. The molecule has 0 radical (unpaired) electrons. The molecule has 1 heteroatoms. The van der Waals surface area contributed by atoms with Crippen LogP contribution in [0.15, 0.2) is 30.3 Å². The standard InChI is InChI=1S/C14H17N/c1-4-13-8-7-11-5-6-12(10(2)3)9-14(11)15-13/h5-10H,4H2,1-3H3. The van der Waals surface area contributed by atoms with Gasteiger partial charge in [0.15, 0.2) is 0 Å². The maximum atomic E-state index is 4.64. The van der Waals surface area contributed by atoms with Crippen molar-refractivity contribution in [2.24, 2.45) is 0 Å². The number of fused-ring (bicyclic) bond motifs is 1. The van der Waals surface area contributed by atoms with Crippen LogP contribution in [0.4, 0.5) is 0 Å². The SMILES string of the molecule is CCc1ccc2ccc(C(C)C)cc2n1. The summed E-state index contributed by atoms with van der Waals surface area (Å²) < 4.78 is 0. The van der Waals surface area contributed by atoms with Gasteiger partial charge in [-0.05, 0) is 30.0 Å². The van der Waals surface area contributed by atoms with Crippen LogP contribution in [0.2, 0.25) is 0 Å². The van der Waals surface area contributed by atoms with Gasteiger partial charge in [-0.3, -0.25) is 4.98 Å². The fourth-order valence-corrected chi connectivity index (χ4v) is 1.73. The summed E-state index contributed by atoms with van der Waals surface area (Å²) in [6.07, 6.45) is 1.00. The Morgan fingerprint density at radius 1 is 1.13 bits per heavy atom. The highest BCUT2D eigenvalue weighted by Gasteiger charge is 2.02. The number of pyridine rings is 1. The zero-order valence-corrected chi connectivity index (χ0v) is 9.62. The highest BCUT2D eigenvalue weighted by atomic mass is 14.7. The van der Waals surface area contributed by atoms with Gasteiger partial charge in [-0.2, -0.15) is 0 Å². The minimum absolute atomic E-state index is 0.571. The van der Waals surface area contributed by atoms with E-state index in [-0.39, 0.29) is 0 Å². The number of nitrogens with zero attached hydrogens (tertiary/aromatic N) is 1. The van der Waals surface area contributed by atoms with E-state index in [2.05, 4.69) is 56.1 Å². The van der Waals surface area contributed by atoms with Gasteiger partial charge in [0, 0.05) is 11.1 Å². The highest BCUT2D eigenvalue weighted by molar-refractivity contribution is 5.79. The van der Waals surface area contributed by atoms with Gasteiger partial charge in [0.25, 0.3) is 0 Å². The summed E-state index contributed by atoms with van der Waals surface area (Å²) in [7, 11) is 0. The second-order valence-electron chi connectivity index (χ2n) is 4.26. The van der Waals surface area contributed by atoms with Crippen molar-refractivity contribution in [2.75, 3.05) is 0 Å². The van der Waals surface area contributed by atoms with Gasteiger partial charge >= 0.3 is 0 Å². The van der Waals surface area contributed by atoms with Gasteiger partial charge in [-0.25, -0.2) is 0 Å². The Kier molecular flexibility index (Phi) is 2.72. The van der Waals surface area contributed by atoms with Crippen molar-refractivity contribution >= 4 is 10.9 Å². The summed E-state index contributed by atoms with van der Waals surface area (Å²) in [6.45, 7) is 6.57. The lowest BCUT2D eigenvalue weighted by atomic mass is 10.0. The van der Waals surface area contributed by atoms with Crippen molar-refractivity contribution in [1.29, 1.82) is 0 Å². The van der Waals surface area contributed by atoms with Gasteiger partial charge in [0.05, 0.1) is 5.52 Å². The zero-order valence-electron chi connectivity index (χ0n) is 9.62. The van der Waals surface area contributed by atoms with Crippen LogP contribution in [0.3, 0.4) is 0 Å². The average Bonchev–Trinajstić information content (AvgIpc) is 2.27. The molecule has 0 saturated carbocycles. The third-order valence-electron chi connectivity index (χ3n) is 2.80. The number of benzene rings is 1. The van der Waals surface area contributed by atoms with Crippen LogP contribution in [0, 0.1) is 0 Å². The number of aryl methyl sites for hydroxylation is 1. The van der Waals surface area contributed by atoms with Gasteiger partial charge in [-0.15, -0.1) is 0 Å². The van der Waals surface area contributed by atoms with Crippen LogP contribution in [0.5, 0.6) is 0 Å². The van der Waals surface area contributed by atoms with Crippen molar-refractivity contribution in [2.45, 2.75) is 33.1 Å². The van der Waals surface area contributed by atoms with Crippen molar-refractivity contribution in [3.05, 3.63) is 41.6 Å². The first kappa shape index (κ1) is 10.2. The molecule has 78 valence electrons. The van der Waals surface area contributed by atoms with Crippen molar-refractivity contribution < 1.29 is 0 Å². The monoisotopic (exact) mass is 199 g/mol. The molecule has 0 spiro atoms. The minimum Gasteiger partial charge on any atom is -0.253 e. The molecule has 0 atom stereocenters. The van der Waals surface area contributed by atoms with E-state index >= 15 is 0 Å². The summed E-state index contributed by atoms with van der Waals surface area (Å²) in [4.78, 5) is 4.64. The van der Waals surface area contributed by atoms with Crippen LogP contribution in [0.1, 0.15) is 37.9 Å². The Hall–Kier alpha value is -1.37. The van der Waals surface area contributed by atoms with E-state index in [1.165, 1.54) is 16.6 Å². The molecule has 0 amide bonds. The molecule has 0 bridgehead atoms. The largest absolute Gasteiger partial charge is 0.253 e. The average molecular weight is 199 g/mol. The maximum Gasteiger partial charge on any atom is 0.0708 e. The van der Waals surface area contributed by atoms with Crippen LogP contribution in [0.25, 0.3) is 10.9 Å². The maximum absolute atomic E-state index is 4.64. The van der Waals surface area contributed by atoms with Gasteiger partial charge in [0.2, 0.25) is 0 Å². The van der Waals surface area contributed by atoms with Crippen LogP contribution >= 0.6 is 0 Å². The van der Waals surface area contributed by atoms with Crippen molar-refractivity contribution in [1.82, 2.24) is 4.98 Å². The van der Waals surface area contributed by atoms with Crippen molar-refractivity contribution in [3.8, 4) is 0 Å². The second-order valence-corrected chi connectivity index (χ2v) is 4.26. The summed E-state index contributed by atoms with van der Waals surface area (Å²) in [6, 6.07) is 10.8. The van der Waals surface area contributed by atoms with Gasteiger partial charge < -0.3 is 0 Å². The molecule has 0 aliphatic heterocycles. The third-order valence-corrected chi connectivity index (χ3v) is 2.80. The molecule has 0 unspecified atom stereocenters. The van der Waals surface area contributed by atoms with E-state index in [9.17, 15) is 0 Å². The normalized spacial score (nSPS) is 11.2. The Balaban J connectivity index is 2.57. The number of aromatic nitrogens is 1. The number of hydrogen-bond donors (Lipinski definition) is 0. The summed E-state index contributed by atoms with van der Waals surface area (Å²) in [5.74, 6) is 0.571. The Morgan fingerprint density at radius 3 is 2.53 bits per heavy atom. The quantitative estimate of drug-likeness (QED) is 0.714. The van der Waals surface area contributed by atoms with E-state index in [1.807, 2.05) is 0 Å². The van der Waals surface area contributed by atoms with E-state index in [1.54, 1.807) is 0 Å². The van der Waals surface area contributed by atoms with E-state index in [0.717, 1.165) is 11.9 Å². The molecule has 2 rings (SSSR count). The molecule has 15 heavy (non-hydrogen) atoms. The third kappa shape index (κ3) is 2.01. The molecule has 2 aromatic rings. The van der Waals surface area contributed by atoms with E-state index in [4.69, 9.17) is 0 Å². The van der Waals surface area contributed by atoms with E-state index < -0.39 is 0 Å². The Labute approximate surface area is 91.2 Å². The summed E-state index contributed by atoms with van der Waals surface area (Å²) >= 11 is 0. The lowest BCUT2D eigenvalue weighted by Crippen LogP contribution is -1.91. The molecule has 1 aromatic heterocycles. The van der Waals surface area contributed by atoms with E-state index in [0.29, 0.717) is 5.92 Å². The topological polar surface area (TPSA) is 12.9 Å². The lowest BCUT2D eigenvalue weighted by Gasteiger charge is -2.07. The first-order valence-electron chi connectivity index (χ1n) is 5.60. The van der Waals surface area contributed by atoms with Crippen LogP contribution in [-0.4, -0.2) is 4.98 Å². The van der Waals surface area contributed by atoms with Crippen LogP contribution < -0.4 is 0 Å². The highest BCUT2D eigenvalue weighted by Crippen LogP contribution is 2.20. The Morgan fingerprint density at radius 2 is 1.87 bits per heavy atom. The second kappa shape index (κ2) is 4.01. The first-order chi connectivity index (χ1) is 7.20. The van der Waals surface area contributed by atoms with Crippen molar-refractivity contribution in [3.63, 3.8) is 0 Å². The molecular formula is C14H17N. The molecular weight excluding hydrogens is 182 g/mol. The predicted molar refractivity (Wildman–Crippen MR) is 65.2 cm³/mol. The fraction of sp³-hybridized carbons (Fsp3) is 0.357. The zero-order chi connectivity index (χ0) is 10.8. The molecule has 0 aliphatic carbocycles. The Bertz CT molecular complexity index is 472. The molecule has 0 N–H and O–H groups in total. The summed E-state index contributed by atoms with van der Waals surface area (Å²) in [5.41, 5.74) is 3.66. The number of rotatable bonds is 2. The number of hydrogen-bond acceptors (Lipinski definition) is 1. The first-order valence-corrected chi connectivity index (χ1v) is 5.60. The summed E-state index contributed by atoms with van der Waals surface area (Å²) in [5, 5.41) is 1.23. The molecule has 0 aliphatic rings. The minimum atomic E-state index is 0.571. The molecule has 0 saturated heterocycles.